The van der Waals surface area contributed by atoms with E-state index in [0.29, 0.717) is 6.42 Å². The van der Waals surface area contributed by atoms with Gasteiger partial charge in [0.05, 0.1) is 19.3 Å². The maximum Gasteiger partial charge on any atom is 0.154 e. The van der Waals surface area contributed by atoms with Crippen LogP contribution in [0.2, 0.25) is 0 Å². The lowest BCUT2D eigenvalue weighted by Crippen LogP contribution is -2.38. The molecule has 0 aliphatic carbocycles. The highest BCUT2D eigenvalue weighted by Crippen LogP contribution is 2.30. The average Bonchev–Trinajstić information content (AvgIpc) is 2.48. The van der Waals surface area contributed by atoms with Gasteiger partial charge in [-0.3, -0.25) is 9.69 Å². The van der Waals surface area contributed by atoms with Gasteiger partial charge in [0.25, 0.3) is 0 Å². The Balaban J connectivity index is 2.36. The normalized spacial score (nSPS) is 17.3. The highest BCUT2D eigenvalue weighted by Gasteiger charge is 2.26. The molecule has 1 saturated heterocycles. The number of benzene rings is 1. The molecule has 20 heavy (non-hydrogen) atoms. The molecule has 0 radical (unpaired) electrons. The number of hydrogen-bond acceptors (Lipinski definition) is 4. The lowest BCUT2D eigenvalue weighted by molar-refractivity contribution is -0.123. The zero-order valence-corrected chi connectivity index (χ0v) is 12.6. The van der Waals surface area contributed by atoms with E-state index in [1.165, 1.54) is 0 Å². The van der Waals surface area contributed by atoms with Gasteiger partial charge in [-0.05, 0) is 20.2 Å². The predicted octanol–water partition coefficient (Wildman–Crippen LogP) is 2.10. The number of anilines is 1. The fraction of sp³-hybridized carbons (Fsp3) is 0.562. The van der Waals surface area contributed by atoms with Crippen molar-refractivity contribution in [2.75, 3.05) is 45.3 Å². The number of rotatable bonds is 5. The van der Waals surface area contributed by atoms with Crippen LogP contribution >= 0.6 is 0 Å². The molecule has 1 aromatic carbocycles. The van der Waals surface area contributed by atoms with E-state index in [9.17, 15) is 4.79 Å². The number of ether oxygens (including phenoxy) is 1. The fourth-order valence-electron chi connectivity index (χ4n) is 2.74. The molecule has 1 aliphatic heterocycles. The minimum Gasteiger partial charge on any atom is -0.378 e. The van der Waals surface area contributed by atoms with Crippen LogP contribution in [0.1, 0.15) is 24.9 Å². The molecule has 1 atom stereocenters. The van der Waals surface area contributed by atoms with Crippen LogP contribution in [0.15, 0.2) is 24.3 Å². The Kier molecular flexibility index (Phi) is 5.15. The van der Waals surface area contributed by atoms with E-state index < -0.39 is 0 Å². The molecule has 0 aromatic heterocycles. The molecule has 4 heteroatoms. The highest BCUT2D eigenvalue weighted by atomic mass is 16.5. The number of para-hydroxylation sites is 1. The van der Waals surface area contributed by atoms with Gasteiger partial charge in [0.15, 0.2) is 5.78 Å². The van der Waals surface area contributed by atoms with Crippen LogP contribution in [0, 0.1) is 0 Å². The Morgan fingerprint density at radius 3 is 2.55 bits per heavy atom. The molecular formula is C16H24N2O2. The number of nitrogens with zero attached hydrogens (tertiary/aromatic N) is 2. The number of carbonyl (C=O) groups is 1. The molecule has 1 aromatic rings. The largest absolute Gasteiger partial charge is 0.378 e. The SMILES string of the molecule is CCC(=O)C(c1ccccc1N1CCOCC1)N(C)C. The van der Waals surface area contributed by atoms with Crippen LogP contribution < -0.4 is 4.90 Å². The van der Waals surface area contributed by atoms with E-state index in [1.807, 2.05) is 38.1 Å². The zero-order chi connectivity index (χ0) is 14.5. The first-order valence-corrected chi connectivity index (χ1v) is 7.26. The van der Waals surface area contributed by atoms with Crippen molar-refractivity contribution in [3.63, 3.8) is 0 Å². The van der Waals surface area contributed by atoms with Crippen LogP contribution in [0.3, 0.4) is 0 Å². The number of morpholine rings is 1. The molecule has 2 rings (SSSR count). The fourth-order valence-corrected chi connectivity index (χ4v) is 2.74. The van der Waals surface area contributed by atoms with E-state index in [2.05, 4.69) is 17.0 Å². The van der Waals surface area contributed by atoms with Crippen molar-refractivity contribution < 1.29 is 9.53 Å². The van der Waals surface area contributed by atoms with E-state index >= 15 is 0 Å². The summed E-state index contributed by atoms with van der Waals surface area (Å²) in [6.45, 7) is 5.20. The quantitative estimate of drug-likeness (QED) is 0.824. The third-order valence-electron chi connectivity index (χ3n) is 3.75. The van der Waals surface area contributed by atoms with Crippen molar-refractivity contribution in [3.8, 4) is 0 Å². The van der Waals surface area contributed by atoms with Crippen LogP contribution in [0.4, 0.5) is 5.69 Å². The summed E-state index contributed by atoms with van der Waals surface area (Å²) in [5, 5.41) is 0. The smallest absolute Gasteiger partial charge is 0.154 e. The standard InChI is InChI=1S/C16H24N2O2/c1-4-15(19)16(17(2)3)13-7-5-6-8-14(13)18-9-11-20-12-10-18/h5-8,16H,4,9-12H2,1-3H3. The summed E-state index contributed by atoms with van der Waals surface area (Å²) in [6, 6.07) is 8.07. The highest BCUT2D eigenvalue weighted by molar-refractivity contribution is 5.86. The predicted molar refractivity (Wildman–Crippen MR) is 81.2 cm³/mol. The monoisotopic (exact) mass is 276 g/mol. The first-order chi connectivity index (χ1) is 9.65. The van der Waals surface area contributed by atoms with E-state index in [1.54, 1.807) is 0 Å². The molecule has 110 valence electrons. The summed E-state index contributed by atoms with van der Waals surface area (Å²) in [7, 11) is 3.93. The Labute approximate surface area is 121 Å². The van der Waals surface area contributed by atoms with Gasteiger partial charge in [0, 0.05) is 30.8 Å². The second kappa shape index (κ2) is 6.86. The average molecular weight is 276 g/mol. The first-order valence-electron chi connectivity index (χ1n) is 7.26. The second-order valence-corrected chi connectivity index (χ2v) is 5.34. The molecule has 0 N–H and O–H groups in total. The molecule has 1 aliphatic rings. The van der Waals surface area contributed by atoms with Crippen LogP contribution in [-0.4, -0.2) is 51.1 Å². The Hall–Kier alpha value is -1.39. The number of carbonyl (C=O) groups excluding carboxylic acids is 1. The van der Waals surface area contributed by atoms with Gasteiger partial charge in [-0.15, -0.1) is 0 Å². The van der Waals surface area contributed by atoms with Gasteiger partial charge < -0.3 is 9.64 Å². The maximum absolute atomic E-state index is 12.3. The van der Waals surface area contributed by atoms with Gasteiger partial charge >= 0.3 is 0 Å². The van der Waals surface area contributed by atoms with Crippen LogP contribution in [0.25, 0.3) is 0 Å². The van der Waals surface area contributed by atoms with Gasteiger partial charge in [0.2, 0.25) is 0 Å². The number of hydrogen-bond donors (Lipinski definition) is 0. The van der Waals surface area contributed by atoms with Crippen LogP contribution in [0.5, 0.6) is 0 Å². The molecule has 0 bridgehead atoms. The third-order valence-corrected chi connectivity index (χ3v) is 3.75. The minimum absolute atomic E-state index is 0.168. The molecular weight excluding hydrogens is 252 g/mol. The van der Waals surface area contributed by atoms with Gasteiger partial charge in [-0.1, -0.05) is 25.1 Å². The van der Waals surface area contributed by atoms with Crippen molar-refractivity contribution in [1.82, 2.24) is 4.90 Å². The van der Waals surface area contributed by atoms with Crippen LogP contribution in [-0.2, 0) is 9.53 Å². The van der Waals surface area contributed by atoms with Crippen molar-refractivity contribution in [1.29, 1.82) is 0 Å². The van der Waals surface area contributed by atoms with Gasteiger partial charge in [0.1, 0.15) is 0 Å². The Bertz CT molecular complexity index is 454. The van der Waals surface area contributed by atoms with Gasteiger partial charge in [-0.25, -0.2) is 0 Å². The summed E-state index contributed by atoms with van der Waals surface area (Å²) in [5.41, 5.74) is 2.27. The summed E-state index contributed by atoms with van der Waals surface area (Å²) < 4.78 is 5.42. The summed E-state index contributed by atoms with van der Waals surface area (Å²) in [4.78, 5) is 16.6. The molecule has 1 unspecified atom stereocenters. The Morgan fingerprint density at radius 2 is 1.95 bits per heavy atom. The molecule has 0 amide bonds. The Morgan fingerprint density at radius 1 is 1.30 bits per heavy atom. The number of likely N-dealkylation sites (N-methyl/N-ethyl adjacent to an activating group) is 1. The third kappa shape index (κ3) is 3.19. The summed E-state index contributed by atoms with van der Waals surface area (Å²) in [6.07, 6.45) is 0.556. The van der Waals surface area contributed by atoms with E-state index in [-0.39, 0.29) is 11.8 Å². The molecule has 0 spiro atoms. The number of ketones is 1. The molecule has 0 saturated carbocycles. The first kappa shape index (κ1) is 15.0. The zero-order valence-electron chi connectivity index (χ0n) is 12.6. The molecule has 1 fully saturated rings. The maximum atomic E-state index is 12.3. The summed E-state index contributed by atoms with van der Waals surface area (Å²) >= 11 is 0. The minimum atomic E-state index is -0.168. The van der Waals surface area contributed by atoms with Gasteiger partial charge in [-0.2, -0.15) is 0 Å². The van der Waals surface area contributed by atoms with Crippen molar-refractivity contribution in [2.45, 2.75) is 19.4 Å². The molecule has 4 nitrogen and oxygen atoms in total. The molecule has 1 heterocycles. The lowest BCUT2D eigenvalue weighted by atomic mass is 9.97. The van der Waals surface area contributed by atoms with Crippen molar-refractivity contribution >= 4 is 11.5 Å². The van der Waals surface area contributed by atoms with E-state index in [0.717, 1.165) is 37.6 Å². The van der Waals surface area contributed by atoms with E-state index in [4.69, 9.17) is 4.74 Å². The summed E-state index contributed by atoms with van der Waals surface area (Å²) in [5.74, 6) is 0.260. The topological polar surface area (TPSA) is 32.8 Å². The lowest BCUT2D eigenvalue weighted by Gasteiger charge is -2.33. The van der Waals surface area contributed by atoms with Crippen molar-refractivity contribution in [3.05, 3.63) is 29.8 Å². The number of Topliss-reactive ketones (excluding diaryl/α,β-unsaturated/α-hetero) is 1. The second-order valence-electron chi connectivity index (χ2n) is 5.34. The van der Waals surface area contributed by atoms with Crippen molar-refractivity contribution in [2.24, 2.45) is 0 Å².